The summed E-state index contributed by atoms with van der Waals surface area (Å²) in [6.07, 6.45) is 9.17. The van der Waals surface area contributed by atoms with Gasteiger partial charge in [-0.25, -0.2) is 4.98 Å². The summed E-state index contributed by atoms with van der Waals surface area (Å²) in [5, 5.41) is 1.33. The fraction of sp³-hybridized carbons (Fsp3) is 0.625. The van der Waals surface area contributed by atoms with Crippen LogP contribution in [0.4, 0.5) is 5.82 Å². The van der Waals surface area contributed by atoms with Gasteiger partial charge in [0.15, 0.2) is 0 Å². The molecule has 2 aliphatic heterocycles. The molecule has 1 unspecified atom stereocenters. The third-order valence-electron chi connectivity index (χ3n) is 6.80. The molecule has 5 rings (SSSR count). The number of hydrogen-bond acceptors (Lipinski definition) is 4. The summed E-state index contributed by atoms with van der Waals surface area (Å²) in [6, 6.07) is 7.05. The van der Waals surface area contributed by atoms with E-state index in [-0.39, 0.29) is 0 Å². The largest absolute Gasteiger partial charge is 0.375 e. The number of fused-ring (bicyclic) bond motifs is 2. The lowest BCUT2D eigenvalue weighted by atomic mass is 10.0. The van der Waals surface area contributed by atoms with Crippen LogP contribution in [0.2, 0.25) is 0 Å². The molecule has 1 aromatic carbocycles. The van der Waals surface area contributed by atoms with E-state index < -0.39 is 0 Å². The summed E-state index contributed by atoms with van der Waals surface area (Å²) < 4.78 is 6.22. The molecule has 1 aliphatic carbocycles. The zero-order valence-electron chi connectivity index (χ0n) is 17.3. The molecule has 2 saturated heterocycles. The Balaban J connectivity index is 1.39. The van der Waals surface area contributed by atoms with Gasteiger partial charge in [0.05, 0.1) is 11.6 Å². The predicted molar refractivity (Wildman–Crippen MR) is 115 cm³/mol. The van der Waals surface area contributed by atoms with Crippen molar-refractivity contribution in [2.45, 2.75) is 58.0 Å². The third-order valence-corrected chi connectivity index (χ3v) is 6.80. The molecule has 150 valence electrons. The summed E-state index contributed by atoms with van der Waals surface area (Å²) in [6.45, 7) is 8.65. The van der Waals surface area contributed by atoms with Crippen molar-refractivity contribution in [1.29, 1.82) is 0 Å². The summed E-state index contributed by atoms with van der Waals surface area (Å²) in [5.74, 6) is 1.14. The van der Waals surface area contributed by atoms with Crippen molar-refractivity contribution >= 4 is 16.7 Å². The minimum Gasteiger partial charge on any atom is -0.375 e. The maximum Gasteiger partial charge on any atom is 0.129 e. The second kappa shape index (κ2) is 8.00. The topological polar surface area (TPSA) is 28.6 Å². The number of benzene rings is 1. The van der Waals surface area contributed by atoms with Gasteiger partial charge in [0.25, 0.3) is 0 Å². The number of rotatable bonds is 3. The summed E-state index contributed by atoms with van der Waals surface area (Å²) in [5.41, 5.74) is 5.58. The van der Waals surface area contributed by atoms with Gasteiger partial charge >= 0.3 is 0 Å². The van der Waals surface area contributed by atoms with Gasteiger partial charge in [-0.3, -0.25) is 0 Å². The normalized spacial score (nSPS) is 23.8. The maximum absolute atomic E-state index is 6.22. The summed E-state index contributed by atoms with van der Waals surface area (Å²) in [7, 11) is 0. The Morgan fingerprint density at radius 3 is 2.64 bits per heavy atom. The van der Waals surface area contributed by atoms with Crippen LogP contribution in [0, 0.1) is 6.92 Å². The van der Waals surface area contributed by atoms with E-state index in [0.29, 0.717) is 6.10 Å². The number of hydrogen-bond donors (Lipinski definition) is 0. The van der Waals surface area contributed by atoms with Crippen LogP contribution < -0.4 is 4.90 Å². The third kappa shape index (κ3) is 3.77. The second-order valence-electron chi connectivity index (χ2n) is 8.94. The highest BCUT2D eigenvalue weighted by Gasteiger charge is 2.24. The Morgan fingerprint density at radius 1 is 0.964 bits per heavy atom. The molecule has 1 aromatic heterocycles. The van der Waals surface area contributed by atoms with Crippen molar-refractivity contribution in [3.8, 4) is 0 Å². The van der Waals surface area contributed by atoms with Crippen LogP contribution in [-0.2, 0) is 17.6 Å². The first kappa shape index (κ1) is 18.4. The van der Waals surface area contributed by atoms with Gasteiger partial charge in [0, 0.05) is 31.6 Å². The first-order valence-corrected chi connectivity index (χ1v) is 11.3. The molecule has 3 aliphatic rings. The van der Waals surface area contributed by atoms with Gasteiger partial charge < -0.3 is 14.5 Å². The Hall–Kier alpha value is -1.65. The fourth-order valence-corrected chi connectivity index (χ4v) is 5.25. The molecule has 3 heterocycles. The maximum atomic E-state index is 6.22. The number of piperidine rings is 1. The summed E-state index contributed by atoms with van der Waals surface area (Å²) in [4.78, 5) is 10.2. The van der Waals surface area contributed by atoms with E-state index in [4.69, 9.17) is 9.72 Å². The van der Waals surface area contributed by atoms with Gasteiger partial charge in [-0.1, -0.05) is 6.42 Å². The van der Waals surface area contributed by atoms with E-state index in [9.17, 15) is 0 Å². The minimum absolute atomic E-state index is 0.290. The molecule has 0 bridgehead atoms. The monoisotopic (exact) mass is 379 g/mol. The second-order valence-corrected chi connectivity index (χ2v) is 8.94. The van der Waals surface area contributed by atoms with Crippen molar-refractivity contribution < 1.29 is 4.74 Å². The average Bonchev–Trinajstić information content (AvgIpc) is 3.04. The van der Waals surface area contributed by atoms with Crippen molar-refractivity contribution in [3.63, 3.8) is 0 Å². The first-order valence-electron chi connectivity index (χ1n) is 11.3. The molecule has 0 spiro atoms. The first-order chi connectivity index (χ1) is 13.8. The number of anilines is 1. The zero-order chi connectivity index (χ0) is 18.9. The molecule has 2 aromatic rings. The highest BCUT2D eigenvalue weighted by Crippen LogP contribution is 2.30. The average molecular weight is 380 g/mol. The molecule has 2 fully saturated rings. The molecule has 0 amide bonds. The highest BCUT2D eigenvalue weighted by atomic mass is 16.5. The van der Waals surface area contributed by atoms with Gasteiger partial charge in [-0.15, -0.1) is 0 Å². The van der Waals surface area contributed by atoms with Gasteiger partial charge in [0.1, 0.15) is 5.82 Å². The quantitative estimate of drug-likeness (QED) is 0.802. The molecule has 4 heteroatoms. The van der Waals surface area contributed by atoms with Gasteiger partial charge in [0.2, 0.25) is 0 Å². The SMILES string of the molecule is Cc1cc(N2CCCOC(CN3CCCCC3)C2)nc2cc3c(cc12)CCC3. The van der Waals surface area contributed by atoms with Crippen molar-refractivity contribution in [3.05, 3.63) is 34.9 Å². The standard InChI is InChI=1S/C24H33N3O/c1-18-13-24(25-23-15-20-8-5-7-19(20)14-22(18)23)27-11-6-12-28-21(17-27)16-26-9-3-2-4-10-26/h13-15,21H,2-12,16-17H2,1H3. The van der Waals surface area contributed by atoms with Crippen LogP contribution in [0.3, 0.4) is 0 Å². The van der Waals surface area contributed by atoms with Crippen LogP contribution in [0.5, 0.6) is 0 Å². The lowest BCUT2D eigenvalue weighted by molar-refractivity contribution is 0.0350. The molecule has 0 N–H and O–H groups in total. The molecular weight excluding hydrogens is 346 g/mol. The van der Waals surface area contributed by atoms with E-state index in [2.05, 4.69) is 34.9 Å². The number of likely N-dealkylation sites (tertiary alicyclic amines) is 1. The Kier molecular flexibility index (Phi) is 5.25. The molecule has 28 heavy (non-hydrogen) atoms. The lowest BCUT2D eigenvalue weighted by Crippen LogP contribution is -2.42. The minimum atomic E-state index is 0.290. The molecular formula is C24H33N3O. The number of nitrogens with zero attached hydrogens (tertiary/aromatic N) is 3. The number of aryl methyl sites for hydroxylation is 3. The van der Waals surface area contributed by atoms with Gasteiger partial charge in [-0.05, 0) is 93.4 Å². The van der Waals surface area contributed by atoms with E-state index in [1.54, 1.807) is 0 Å². The smallest absolute Gasteiger partial charge is 0.129 e. The van der Waals surface area contributed by atoms with Gasteiger partial charge in [-0.2, -0.15) is 0 Å². The summed E-state index contributed by atoms with van der Waals surface area (Å²) >= 11 is 0. The van der Waals surface area contributed by atoms with Crippen LogP contribution in [0.15, 0.2) is 18.2 Å². The van der Waals surface area contributed by atoms with Crippen molar-refractivity contribution in [2.75, 3.05) is 44.2 Å². The van der Waals surface area contributed by atoms with E-state index >= 15 is 0 Å². The van der Waals surface area contributed by atoms with Crippen molar-refractivity contribution in [1.82, 2.24) is 9.88 Å². The zero-order valence-corrected chi connectivity index (χ0v) is 17.3. The van der Waals surface area contributed by atoms with Crippen LogP contribution in [-0.4, -0.2) is 55.3 Å². The van der Waals surface area contributed by atoms with Crippen molar-refractivity contribution in [2.24, 2.45) is 0 Å². The van der Waals surface area contributed by atoms with E-state index in [0.717, 1.165) is 38.5 Å². The van der Waals surface area contributed by atoms with E-state index in [1.807, 2.05) is 0 Å². The van der Waals surface area contributed by atoms with Crippen LogP contribution in [0.25, 0.3) is 10.9 Å². The van der Waals surface area contributed by atoms with Crippen LogP contribution in [0.1, 0.15) is 48.8 Å². The molecule has 0 saturated carbocycles. The Morgan fingerprint density at radius 2 is 1.79 bits per heavy atom. The lowest BCUT2D eigenvalue weighted by Gasteiger charge is -2.32. The predicted octanol–water partition coefficient (Wildman–Crippen LogP) is 4.11. The van der Waals surface area contributed by atoms with E-state index in [1.165, 1.54) is 79.2 Å². The Labute approximate surface area is 168 Å². The number of ether oxygens (including phenoxy) is 1. The number of pyridine rings is 1. The highest BCUT2D eigenvalue weighted by molar-refractivity contribution is 5.85. The molecule has 0 radical (unpaired) electrons. The fourth-order valence-electron chi connectivity index (χ4n) is 5.25. The van der Waals surface area contributed by atoms with Crippen LogP contribution >= 0.6 is 0 Å². The Bertz CT molecular complexity index is 843. The molecule has 4 nitrogen and oxygen atoms in total. The molecule has 1 atom stereocenters. The number of aromatic nitrogens is 1.